The number of ketones is 3. The zero-order valence-electron chi connectivity index (χ0n) is 75.9. The van der Waals surface area contributed by atoms with Gasteiger partial charge in [-0.25, -0.2) is 24.0 Å². The molecule has 13 N–H and O–H groups in total. The van der Waals surface area contributed by atoms with Gasteiger partial charge in [-0.1, -0.05) is 51.1 Å². The molecule has 38 heteroatoms. The highest BCUT2D eigenvalue weighted by molar-refractivity contribution is 6.00. The van der Waals surface area contributed by atoms with Gasteiger partial charge in [0, 0.05) is 83.3 Å². The van der Waals surface area contributed by atoms with Crippen LogP contribution in [0.2, 0.25) is 0 Å². The minimum Gasteiger partial charge on any atom is -0.465 e. The number of hydrogen-bond donors (Lipinski definition) is 13. The summed E-state index contributed by atoms with van der Waals surface area (Å²) in [6.07, 6.45) is -13.1. The van der Waals surface area contributed by atoms with Crippen LogP contribution in [0.1, 0.15) is 229 Å². The van der Waals surface area contributed by atoms with Crippen LogP contribution in [0.5, 0.6) is 0 Å². The van der Waals surface area contributed by atoms with Crippen molar-refractivity contribution in [3.05, 3.63) is 35.9 Å². The fraction of sp³-hybridized carbons (Fsp3) is 0.729. The number of aliphatic hydroxyl groups is 2. The SMILES string of the molecule is CCC(C)(C)C(=O)OCCC(=O)N1CCN(C(=O)OC(C)(C)C)CC1C(=O)C[C@H](C(=O)N[C@@H](CCNC(=O)OC(C)(C)C)C(=O)C[C@H]1CCNC(=O)[C@H](C(C)O)NC(=O)[C@H](CCNC(=O)OC(C)(C)C)CC(=O)[C@H](CCNC(=O)OC(C)(C)C)NC(=O)[C@H](CC(C)C)NC(=O)[C@@H](Cc2ccccc2)NC(=O)[C@H](CCNC(=O)OC(C)(C)C)NC1=O)C(C)O. The van der Waals surface area contributed by atoms with Gasteiger partial charge in [0.25, 0.3) is 0 Å². The highest BCUT2D eigenvalue weighted by atomic mass is 16.6. The van der Waals surface area contributed by atoms with E-state index in [0.29, 0.717) is 12.0 Å². The smallest absolute Gasteiger partial charge is 0.410 e. The third kappa shape index (κ3) is 41.2. The summed E-state index contributed by atoms with van der Waals surface area (Å²) >= 11 is 0. The number of carbonyl (C=O) groups is 17. The molecule has 0 aliphatic carbocycles. The second-order valence-corrected chi connectivity index (χ2v) is 37.2. The molecule has 0 radical (unpaired) electrons. The lowest BCUT2D eigenvalue weighted by Crippen LogP contribution is -2.60. The van der Waals surface area contributed by atoms with Gasteiger partial charge in [0.1, 0.15) is 64.8 Å². The lowest BCUT2D eigenvalue weighted by atomic mass is 9.90. The van der Waals surface area contributed by atoms with Crippen molar-refractivity contribution < 1.29 is 120 Å². The van der Waals surface area contributed by atoms with Crippen LogP contribution in [0.15, 0.2) is 30.3 Å². The van der Waals surface area contributed by atoms with Crippen LogP contribution < -0.4 is 58.5 Å². The molecule has 2 aliphatic heterocycles. The lowest BCUT2D eigenvalue weighted by Gasteiger charge is -2.41. The molecule has 2 saturated heterocycles. The molecule has 0 spiro atoms. The molecule has 3 unspecified atom stereocenters. The number of aliphatic hydroxyl groups excluding tert-OH is 2. The first-order valence-electron chi connectivity index (χ1n) is 42.2. The highest BCUT2D eigenvalue weighted by Crippen LogP contribution is 2.26. The van der Waals surface area contributed by atoms with Gasteiger partial charge >= 0.3 is 36.4 Å². The molecular formula is C85H139N13O25. The minimum atomic E-state index is -1.88. The Morgan fingerprint density at radius 1 is 0.545 bits per heavy atom. The molecule has 1 aromatic carbocycles. The number of piperazine rings is 1. The molecule has 12 atom stereocenters. The number of ether oxygens (including phenoxy) is 6. The van der Waals surface area contributed by atoms with E-state index in [2.05, 4.69) is 58.5 Å². The number of esters is 1. The molecule has 2 heterocycles. The van der Waals surface area contributed by atoms with Crippen molar-refractivity contribution in [3.8, 4) is 0 Å². The van der Waals surface area contributed by atoms with Gasteiger partial charge in [-0.05, 0) is 188 Å². The number of benzene rings is 1. The summed E-state index contributed by atoms with van der Waals surface area (Å²) in [7, 11) is 0. The van der Waals surface area contributed by atoms with E-state index in [4.69, 9.17) is 28.4 Å². The van der Waals surface area contributed by atoms with Crippen molar-refractivity contribution in [2.45, 2.75) is 312 Å². The third-order valence-corrected chi connectivity index (χ3v) is 19.3. The predicted molar refractivity (Wildman–Crippen MR) is 450 cm³/mol. The molecule has 123 heavy (non-hydrogen) atoms. The zero-order valence-corrected chi connectivity index (χ0v) is 75.9. The fourth-order valence-corrected chi connectivity index (χ4v) is 12.6. The lowest BCUT2D eigenvalue weighted by molar-refractivity contribution is -0.156. The molecule has 2 aliphatic rings. The van der Waals surface area contributed by atoms with E-state index in [1.165, 1.54) is 16.7 Å². The second-order valence-electron chi connectivity index (χ2n) is 37.2. The molecule has 0 saturated carbocycles. The predicted octanol–water partition coefficient (Wildman–Crippen LogP) is 4.67. The maximum Gasteiger partial charge on any atom is 0.410 e. The molecule has 0 aromatic heterocycles. The molecule has 38 nitrogen and oxygen atoms in total. The van der Waals surface area contributed by atoms with E-state index < -0.39 is 278 Å². The number of nitrogens with one attached hydrogen (secondary N) is 11. The van der Waals surface area contributed by atoms with E-state index in [0.717, 1.165) is 6.92 Å². The monoisotopic (exact) mass is 1740 g/mol. The number of rotatable bonds is 31. The van der Waals surface area contributed by atoms with E-state index >= 15 is 28.8 Å². The van der Waals surface area contributed by atoms with Gasteiger partial charge in [-0.15, -0.1) is 0 Å². The van der Waals surface area contributed by atoms with E-state index in [1.807, 2.05) is 0 Å². The Balaban J connectivity index is 2.40. The fourth-order valence-electron chi connectivity index (χ4n) is 12.6. The molecule has 2 fully saturated rings. The summed E-state index contributed by atoms with van der Waals surface area (Å²) in [5.41, 5.74) is -5.43. The van der Waals surface area contributed by atoms with Gasteiger partial charge < -0.3 is 107 Å². The Morgan fingerprint density at radius 3 is 1.52 bits per heavy atom. The summed E-state index contributed by atoms with van der Waals surface area (Å²) < 4.78 is 32.8. The molecular weight excluding hydrogens is 1600 g/mol. The van der Waals surface area contributed by atoms with E-state index in [1.54, 1.807) is 169 Å². The van der Waals surface area contributed by atoms with Crippen molar-refractivity contribution in [1.29, 1.82) is 0 Å². The average molecular weight is 1740 g/mol. The van der Waals surface area contributed by atoms with E-state index in [-0.39, 0.29) is 64.4 Å². The van der Waals surface area contributed by atoms with Crippen LogP contribution in [-0.2, 0) is 92.4 Å². The van der Waals surface area contributed by atoms with Gasteiger partial charge in [0.05, 0.1) is 48.6 Å². The Labute approximate surface area is 722 Å². The van der Waals surface area contributed by atoms with Gasteiger partial charge in [-0.2, -0.15) is 0 Å². The second kappa shape index (κ2) is 48.7. The van der Waals surface area contributed by atoms with Gasteiger partial charge in [-0.3, -0.25) is 57.5 Å². The molecule has 1 aromatic rings. The Hall–Kier alpha value is -10.3. The quantitative estimate of drug-likeness (QED) is 0.0355. The van der Waals surface area contributed by atoms with Crippen LogP contribution >= 0.6 is 0 Å². The summed E-state index contributed by atoms with van der Waals surface area (Å²) in [5, 5.41) is 51.4. The van der Waals surface area contributed by atoms with Crippen molar-refractivity contribution in [3.63, 3.8) is 0 Å². The van der Waals surface area contributed by atoms with Crippen molar-refractivity contribution in [2.75, 3.05) is 59.0 Å². The summed E-state index contributed by atoms with van der Waals surface area (Å²) in [6, 6.07) is -3.29. The van der Waals surface area contributed by atoms with Crippen molar-refractivity contribution >= 4 is 101 Å². The Morgan fingerprint density at radius 2 is 1.02 bits per heavy atom. The minimum absolute atomic E-state index is 0.104. The van der Waals surface area contributed by atoms with Crippen molar-refractivity contribution in [1.82, 2.24) is 68.3 Å². The van der Waals surface area contributed by atoms with Crippen LogP contribution in [-0.4, -0.2) is 263 Å². The maximum atomic E-state index is 15.5. The highest BCUT2D eigenvalue weighted by Gasteiger charge is 2.43. The molecule has 3 rings (SSSR count). The first kappa shape index (κ1) is 107. The molecule has 0 bridgehead atoms. The number of alkyl carbamates (subject to hydrolysis) is 4. The Bertz CT molecular complexity index is 3780. The number of carbonyl (C=O) groups excluding carboxylic acids is 17. The third-order valence-electron chi connectivity index (χ3n) is 19.3. The van der Waals surface area contributed by atoms with Crippen LogP contribution in [0, 0.1) is 29.1 Å². The molecule has 694 valence electrons. The normalized spacial score (nSPS) is 20.9. The standard InChI is InChI=1S/C85H139N13O25/c1-23-85(21,22)74(112)118-42-34-65(104)98-41-40-97(79(117)123-84(18,19)20)48-61(98)64(103)47-55(50(4)99)69(107)91-56(31-37-88-76(114)120-81(9,10)11)62(101)45-53-29-35-86-73(111)66(51(5)100)96-68(106)54(30-36-87-75(113)119-80(6,7)8)46-63(102)57(32-38-89-77(115)121-82(12,13)14)92-71(109)59(43-49(2)3)94-72(110)60(44-52-27-25-24-26-28-52)95-70(108)58(93-67(53)105)33-39-90-78(116)122-83(15,16)17/h24-28,49-51,53-61,66,99-100H,23,29-48H2,1-22H3,(H,86,111)(H,87,113)(H,88,114)(H,89,115)(H,90,116)(H,91,107)(H,92,109)(H,93,105)(H,94,110)(H,95,108)(H,96,106)/t50?,51?,53-,54-,55+,56+,57+,58+,59+,60-,61?,66+/m1/s1. The number of hydrogen-bond acceptors (Lipinski definition) is 25. The van der Waals surface area contributed by atoms with Crippen LogP contribution in [0.4, 0.5) is 24.0 Å². The van der Waals surface area contributed by atoms with Crippen LogP contribution in [0.3, 0.4) is 0 Å². The first-order chi connectivity index (χ1) is 56.8. The topological polar surface area (TPSA) is 525 Å². The summed E-state index contributed by atoms with van der Waals surface area (Å²) in [4.78, 5) is 246. The maximum absolute atomic E-state index is 15.5. The molecule has 13 amide bonds. The largest absolute Gasteiger partial charge is 0.465 e. The average Bonchev–Trinajstić information content (AvgIpc) is 0.820. The number of nitrogens with zero attached hydrogens (tertiary/aromatic N) is 2. The van der Waals surface area contributed by atoms with Gasteiger partial charge in [0.2, 0.25) is 47.3 Å². The zero-order chi connectivity index (χ0) is 93.5. The number of amides is 13. The Kier molecular flexibility index (Phi) is 42.3. The number of Topliss-reactive ketones (excluding diaryl/α,β-unsaturated/α-hetero) is 3. The summed E-state index contributed by atoms with van der Waals surface area (Å²) in [6.45, 7) is 31.7. The van der Waals surface area contributed by atoms with Crippen LogP contribution in [0.25, 0.3) is 0 Å². The summed E-state index contributed by atoms with van der Waals surface area (Å²) in [5.74, 6) is -16.6. The first-order valence-corrected chi connectivity index (χ1v) is 42.2. The van der Waals surface area contributed by atoms with Crippen molar-refractivity contribution in [2.24, 2.45) is 29.1 Å². The van der Waals surface area contributed by atoms with Gasteiger partial charge in [0.15, 0.2) is 17.3 Å². The van der Waals surface area contributed by atoms with E-state index in [9.17, 15) is 63.0 Å².